The van der Waals surface area contributed by atoms with Crippen LogP contribution < -0.4 is 0 Å². The van der Waals surface area contributed by atoms with Gasteiger partial charge in [0, 0.05) is 19.1 Å². The summed E-state index contributed by atoms with van der Waals surface area (Å²) in [5, 5.41) is 9.20. The van der Waals surface area contributed by atoms with Crippen LogP contribution in [0.1, 0.15) is 46.0 Å². The maximum atomic E-state index is 11.2. The van der Waals surface area contributed by atoms with E-state index in [1.165, 1.54) is 32.1 Å². The molecule has 0 amide bonds. The molecule has 1 aliphatic heterocycles. The van der Waals surface area contributed by atoms with Crippen LogP contribution in [0.15, 0.2) is 0 Å². The lowest BCUT2D eigenvalue weighted by Crippen LogP contribution is -2.41. The molecule has 0 aromatic heterocycles. The van der Waals surface area contributed by atoms with Gasteiger partial charge in [-0.2, -0.15) is 0 Å². The lowest BCUT2D eigenvalue weighted by atomic mass is 9.82. The molecular formula is C14H25NO2. The molecule has 3 nitrogen and oxygen atoms in total. The summed E-state index contributed by atoms with van der Waals surface area (Å²) in [6.45, 7) is 6.12. The molecule has 3 heteroatoms. The van der Waals surface area contributed by atoms with Crippen molar-refractivity contribution in [1.82, 2.24) is 4.90 Å². The zero-order valence-corrected chi connectivity index (χ0v) is 11.1. The van der Waals surface area contributed by atoms with Crippen molar-refractivity contribution in [3.63, 3.8) is 0 Å². The fraction of sp³-hybridized carbons (Fsp3) is 0.929. The number of nitrogens with zero attached hydrogens (tertiary/aromatic N) is 1. The fourth-order valence-electron chi connectivity index (χ4n) is 3.74. The Labute approximate surface area is 104 Å². The number of likely N-dealkylation sites (tertiary alicyclic amines) is 1. The van der Waals surface area contributed by atoms with E-state index in [-0.39, 0.29) is 5.92 Å². The van der Waals surface area contributed by atoms with E-state index in [0.29, 0.717) is 12.0 Å². The van der Waals surface area contributed by atoms with Crippen LogP contribution in [0.4, 0.5) is 0 Å². The summed E-state index contributed by atoms with van der Waals surface area (Å²) in [7, 11) is 0. The predicted molar refractivity (Wildman–Crippen MR) is 67.9 cm³/mol. The van der Waals surface area contributed by atoms with Crippen LogP contribution in [0.3, 0.4) is 0 Å². The van der Waals surface area contributed by atoms with Crippen molar-refractivity contribution in [3.8, 4) is 0 Å². The molecule has 17 heavy (non-hydrogen) atoms. The molecule has 1 saturated carbocycles. The third kappa shape index (κ3) is 2.65. The summed E-state index contributed by atoms with van der Waals surface area (Å²) in [5.41, 5.74) is 0. The summed E-state index contributed by atoms with van der Waals surface area (Å²) >= 11 is 0. The topological polar surface area (TPSA) is 40.5 Å². The van der Waals surface area contributed by atoms with Crippen molar-refractivity contribution in [1.29, 1.82) is 0 Å². The van der Waals surface area contributed by atoms with Gasteiger partial charge in [-0.1, -0.05) is 33.1 Å². The van der Waals surface area contributed by atoms with E-state index < -0.39 is 5.97 Å². The lowest BCUT2D eigenvalue weighted by molar-refractivity contribution is -0.142. The first-order valence-corrected chi connectivity index (χ1v) is 7.10. The minimum absolute atomic E-state index is 0.144. The zero-order chi connectivity index (χ0) is 12.4. The quantitative estimate of drug-likeness (QED) is 0.823. The van der Waals surface area contributed by atoms with Crippen LogP contribution in [-0.4, -0.2) is 35.1 Å². The fourth-order valence-corrected chi connectivity index (χ4v) is 3.74. The van der Waals surface area contributed by atoms with E-state index >= 15 is 0 Å². The van der Waals surface area contributed by atoms with Gasteiger partial charge in [-0.15, -0.1) is 0 Å². The van der Waals surface area contributed by atoms with Crippen molar-refractivity contribution in [2.24, 2.45) is 17.8 Å². The van der Waals surface area contributed by atoms with Crippen molar-refractivity contribution in [3.05, 3.63) is 0 Å². The molecule has 2 rings (SSSR count). The number of carboxylic acids is 1. The molecule has 0 radical (unpaired) electrons. The normalized spacial score (nSPS) is 39.4. The van der Waals surface area contributed by atoms with E-state index in [0.717, 1.165) is 19.0 Å². The van der Waals surface area contributed by atoms with Gasteiger partial charge in [-0.25, -0.2) is 0 Å². The number of rotatable bonds is 3. The molecule has 0 aromatic rings. The molecule has 1 N–H and O–H groups in total. The molecule has 4 unspecified atom stereocenters. The second-order valence-corrected chi connectivity index (χ2v) is 5.90. The Hall–Kier alpha value is -0.570. The van der Waals surface area contributed by atoms with Gasteiger partial charge in [0.1, 0.15) is 0 Å². The Balaban J connectivity index is 2.00. The second kappa shape index (κ2) is 5.38. The Bertz CT molecular complexity index is 279. The third-order valence-electron chi connectivity index (χ3n) is 4.82. The first-order chi connectivity index (χ1) is 8.13. The van der Waals surface area contributed by atoms with Crippen LogP contribution in [0.25, 0.3) is 0 Å². The first kappa shape index (κ1) is 12.9. The summed E-state index contributed by atoms with van der Waals surface area (Å²) in [5.74, 6) is 0.355. The third-order valence-corrected chi connectivity index (χ3v) is 4.82. The van der Waals surface area contributed by atoms with Gasteiger partial charge in [0.05, 0.1) is 5.92 Å². The molecule has 0 bridgehead atoms. The molecule has 1 saturated heterocycles. The predicted octanol–water partition coefficient (Wildman–Crippen LogP) is 2.61. The Kier molecular flexibility index (Phi) is 4.08. The highest BCUT2D eigenvalue weighted by atomic mass is 16.4. The van der Waals surface area contributed by atoms with Crippen molar-refractivity contribution in [2.45, 2.75) is 52.0 Å². The maximum Gasteiger partial charge on any atom is 0.308 e. The van der Waals surface area contributed by atoms with Gasteiger partial charge in [0.15, 0.2) is 0 Å². The second-order valence-electron chi connectivity index (χ2n) is 5.90. The molecule has 1 aliphatic carbocycles. The average Bonchev–Trinajstić information content (AvgIpc) is 2.71. The van der Waals surface area contributed by atoms with E-state index in [1.807, 2.05) is 0 Å². The number of carbonyl (C=O) groups is 1. The van der Waals surface area contributed by atoms with Crippen LogP contribution in [0.2, 0.25) is 0 Å². The van der Waals surface area contributed by atoms with Crippen molar-refractivity contribution >= 4 is 5.97 Å². The van der Waals surface area contributed by atoms with Gasteiger partial charge in [0.25, 0.3) is 0 Å². The van der Waals surface area contributed by atoms with Gasteiger partial charge in [-0.3, -0.25) is 9.69 Å². The summed E-state index contributed by atoms with van der Waals surface area (Å²) < 4.78 is 0. The molecule has 0 spiro atoms. The summed E-state index contributed by atoms with van der Waals surface area (Å²) in [4.78, 5) is 13.6. The number of hydrogen-bond acceptors (Lipinski definition) is 2. The Morgan fingerprint density at radius 2 is 2.00 bits per heavy atom. The molecular weight excluding hydrogens is 214 g/mol. The Morgan fingerprint density at radius 3 is 2.59 bits per heavy atom. The smallest absolute Gasteiger partial charge is 0.308 e. The summed E-state index contributed by atoms with van der Waals surface area (Å²) in [6, 6.07) is 0.653. The van der Waals surface area contributed by atoms with Crippen LogP contribution in [0, 0.1) is 17.8 Å². The lowest BCUT2D eigenvalue weighted by Gasteiger charge is -2.37. The van der Waals surface area contributed by atoms with Crippen LogP contribution in [-0.2, 0) is 4.79 Å². The summed E-state index contributed by atoms with van der Waals surface area (Å²) in [6.07, 6.45) is 6.54. The zero-order valence-electron chi connectivity index (χ0n) is 11.1. The van der Waals surface area contributed by atoms with Crippen molar-refractivity contribution in [2.75, 3.05) is 13.1 Å². The number of hydrogen-bond donors (Lipinski definition) is 1. The maximum absolute atomic E-state index is 11.2. The SMILES string of the molecule is CCC1CCCCC1N1CC(C)C(C(=O)O)C1. The Morgan fingerprint density at radius 1 is 1.29 bits per heavy atom. The molecule has 98 valence electrons. The van der Waals surface area contributed by atoms with Crippen LogP contribution in [0.5, 0.6) is 0 Å². The van der Waals surface area contributed by atoms with Gasteiger partial charge < -0.3 is 5.11 Å². The van der Waals surface area contributed by atoms with Crippen LogP contribution >= 0.6 is 0 Å². The monoisotopic (exact) mass is 239 g/mol. The highest BCUT2D eigenvalue weighted by Gasteiger charge is 2.40. The first-order valence-electron chi connectivity index (χ1n) is 7.10. The van der Waals surface area contributed by atoms with E-state index in [9.17, 15) is 9.90 Å². The number of aliphatic carboxylic acids is 1. The minimum atomic E-state index is -0.608. The molecule has 0 aromatic carbocycles. The average molecular weight is 239 g/mol. The van der Waals surface area contributed by atoms with E-state index in [2.05, 4.69) is 18.7 Å². The highest BCUT2D eigenvalue weighted by molar-refractivity contribution is 5.71. The van der Waals surface area contributed by atoms with Crippen molar-refractivity contribution < 1.29 is 9.90 Å². The molecule has 4 atom stereocenters. The van der Waals surface area contributed by atoms with Gasteiger partial charge >= 0.3 is 5.97 Å². The van der Waals surface area contributed by atoms with E-state index in [1.54, 1.807) is 0 Å². The molecule has 1 heterocycles. The molecule has 2 fully saturated rings. The standard InChI is InChI=1S/C14H25NO2/c1-3-11-6-4-5-7-13(11)15-8-10(2)12(9-15)14(16)17/h10-13H,3-9H2,1-2H3,(H,16,17). The number of carboxylic acid groups (broad SMARTS) is 1. The van der Waals surface area contributed by atoms with E-state index in [4.69, 9.17) is 0 Å². The van der Waals surface area contributed by atoms with Gasteiger partial charge in [0.2, 0.25) is 0 Å². The minimum Gasteiger partial charge on any atom is -0.481 e. The van der Waals surface area contributed by atoms with Gasteiger partial charge in [-0.05, 0) is 24.7 Å². The highest BCUT2D eigenvalue weighted by Crippen LogP contribution is 2.35. The molecule has 2 aliphatic rings. The largest absolute Gasteiger partial charge is 0.481 e.